The Bertz CT molecular complexity index is 955. The number of nitrogens with zero attached hydrogens (tertiary/aromatic N) is 2. The second-order valence-electron chi connectivity index (χ2n) is 7.08. The minimum absolute atomic E-state index is 0.0708. The molecule has 0 heterocycles. The maximum atomic E-state index is 13.2. The average Bonchev–Trinajstić information content (AvgIpc) is 2.79. The van der Waals surface area contributed by atoms with Crippen molar-refractivity contribution in [2.24, 2.45) is 5.73 Å². The molecule has 178 valence electrons. The third kappa shape index (κ3) is 7.81. The van der Waals surface area contributed by atoms with Crippen LogP contribution in [0.25, 0.3) is 0 Å². The number of amides is 1. The van der Waals surface area contributed by atoms with Gasteiger partial charge in [-0.25, -0.2) is 9.82 Å². The molecule has 0 saturated heterocycles. The number of primary amides is 1. The first-order valence-corrected chi connectivity index (χ1v) is 10.3. The molecular formula is C22H27FN4O6. The third-order valence-corrected chi connectivity index (χ3v) is 4.65. The molecule has 2 aromatic rings. The standard InChI is InChI=1S/C22H27FN4O6/c1-32-11-4-12-33-20-14-17(22(24)29)13-19(27(30)31)21(20)26(9-2-3-10-28)25-15-16-5-7-18(23)8-6-16/h5-8,10,13-14,25H,2-4,9,11-12,15H2,1H3,(H2,24,29). The monoisotopic (exact) mass is 462 g/mol. The van der Waals surface area contributed by atoms with Gasteiger partial charge in [0.15, 0.2) is 11.4 Å². The van der Waals surface area contributed by atoms with Crippen LogP contribution in [0.5, 0.6) is 5.75 Å². The molecule has 11 heteroatoms. The summed E-state index contributed by atoms with van der Waals surface area (Å²) in [6.45, 7) is 1.05. The van der Waals surface area contributed by atoms with E-state index < -0.39 is 10.8 Å². The first kappa shape index (κ1) is 25.7. The lowest BCUT2D eigenvalue weighted by Crippen LogP contribution is -2.39. The largest absolute Gasteiger partial charge is 0.491 e. The molecule has 0 aliphatic rings. The van der Waals surface area contributed by atoms with Gasteiger partial charge in [0, 0.05) is 51.3 Å². The average molecular weight is 462 g/mol. The number of halogens is 1. The lowest BCUT2D eigenvalue weighted by molar-refractivity contribution is -0.384. The highest BCUT2D eigenvalue weighted by atomic mass is 19.1. The summed E-state index contributed by atoms with van der Waals surface area (Å²) in [5, 5.41) is 13.4. The second kappa shape index (κ2) is 13.1. The van der Waals surface area contributed by atoms with E-state index in [0.29, 0.717) is 19.4 Å². The van der Waals surface area contributed by atoms with E-state index in [1.54, 1.807) is 12.1 Å². The van der Waals surface area contributed by atoms with Gasteiger partial charge in [-0.3, -0.25) is 19.9 Å². The van der Waals surface area contributed by atoms with E-state index in [-0.39, 0.29) is 54.6 Å². The molecule has 1 amide bonds. The van der Waals surface area contributed by atoms with Gasteiger partial charge in [0.25, 0.3) is 5.69 Å². The number of benzene rings is 2. The molecule has 0 radical (unpaired) electrons. The zero-order valence-electron chi connectivity index (χ0n) is 18.3. The summed E-state index contributed by atoms with van der Waals surface area (Å²) in [6.07, 6.45) is 1.91. The van der Waals surface area contributed by atoms with E-state index in [1.807, 2.05) is 0 Å². The Morgan fingerprint density at radius 1 is 1.24 bits per heavy atom. The van der Waals surface area contributed by atoms with E-state index in [1.165, 1.54) is 30.3 Å². The zero-order chi connectivity index (χ0) is 24.2. The second-order valence-corrected chi connectivity index (χ2v) is 7.08. The molecule has 2 aromatic carbocycles. The van der Waals surface area contributed by atoms with Gasteiger partial charge < -0.3 is 20.0 Å². The van der Waals surface area contributed by atoms with Crippen molar-refractivity contribution < 1.29 is 28.4 Å². The van der Waals surface area contributed by atoms with Gasteiger partial charge in [0.05, 0.1) is 11.5 Å². The molecule has 2 rings (SSSR count). The first-order valence-electron chi connectivity index (χ1n) is 10.3. The Morgan fingerprint density at radius 2 is 1.97 bits per heavy atom. The maximum Gasteiger partial charge on any atom is 0.298 e. The summed E-state index contributed by atoms with van der Waals surface area (Å²) >= 11 is 0. The van der Waals surface area contributed by atoms with E-state index in [4.69, 9.17) is 15.2 Å². The Balaban J connectivity index is 2.46. The van der Waals surface area contributed by atoms with Crippen LogP contribution in [-0.4, -0.2) is 44.0 Å². The number of carbonyl (C=O) groups excluding carboxylic acids is 2. The van der Waals surface area contributed by atoms with E-state index in [9.17, 15) is 24.1 Å². The van der Waals surface area contributed by atoms with Gasteiger partial charge in [-0.1, -0.05) is 12.1 Å². The molecule has 3 N–H and O–H groups in total. The van der Waals surface area contributed by atoms with Crippen LogP contribution in [-0.2, 0) is 16.1 Å². The van der Waals surface area contributed by atoms with Crippen molar-refractivity contribution in [1.29, 1.82) is 0 Å². The van der Waals surface area contributed by atoms with E-state index in [2.05, 4.69) is 5.43 Å². The van der Waals surface area contributed by atoms with Crippen molar-refractivity contribution in [3.05, 3.63) is 63.5 Å². The number of unbranched alkanes of at least 4 members (excludes halogenated alkanes) is 1. The molecular weight excluding hydrogens is 435 g/mol. The van der Waals surface area contributed by atoms with Crippen molar-refractivity contribution in [2.45, 2.75) is 25.8 Å². The van der Waals surface area contributed by atoms with Crippen molar-refractivity contribution in [3.63, 3.8) is 0 Å². The molecule has 0 aliphatic heterocycles. The number of nitrogens with two attached hydrogens (primary N) is 1. The number of nitro groups is 1. The van der Waals surface area contributed by atoms with Crippen molar-refractivity contribution in [1.82, 2.24) is 5.43 Å². The molecule has 0 atom stereocenters. The molecule has 10 nitrogen and oxygen atoms in total. The molecule has 0 saturated carbocycles. The molecule has 0 bridgehead atoms. The van der Waals surface area contributed by atoms with E-state index in [0.717, 1.165) is 17.9 Å². The van der Waals surface area contributed by atoms with Gasteiger partial charge in [0.1, 0.15) is 12.1 Å². The number of rotatable bonds is 15. The fourth-order valence-corrected chi connectivity index (χ4v) is 3.03. The Hall–Kier alpha value is -3.57. The molecule has 0 fully saturated rings. The summed E-state index contributed by atoms with van der Waals surface area (Å²) in [5.74, 6) is -1.13. The summed E-state index contributed by atoms with van der Waals surface area (Å²) in [5.41, 5.74) is 8.82. The predicted molar refractivity (Wildman–Crippen MR) is 119 cm³/mol. The van der Waals surface area contributed by atoms with Crippen LogP contribution in [0.4, 0.5) is 15.8 Å². The fourth-order valence-electron chi connectivity index (χ4n) is 3.03. The summed E-state index contributed by atoms with van der Waals surface area (Å²) < 4.78 is 24.0. The summed E-state index contributed by atoms with van der Waals surface area (Å²) in [7, 11) is 1.54. The lowest BCUT2D eigenvalue weighted by Gasteiger charge is -2.27. The number of anilines is 1. The van der Waals surface area contributed by atoms with E-state index >= 15 is 0 Å². The number of hydrogen-bond acceptors (Lipinski definition) is 8. The Labute approximate surface area is 190 Å². The van der Waals surface area contributed by atoms with Gasteiger partial charge >= 0.3 is 0 Å². The zero-order valence-corrected chi connectivity index (χ0v) is 18.3. The minimum Gasteiger partial charge on any atom is -0.491 e. The van der Waals surface area contributed by atoms with Crippen LogP contribution in [0, 0.1) is 15.9 Å². The number of carbonyl (C=O) groups is 2. The van der Waals surface area contributed by atoms with Crippen molar-refractivity contribution >= 4 is 23.6 Å². The molecule has 33 heavy (non-hydrogen) atoms. The molecule has 0 aromatic heterocycles. The van der Waals surface area contributed by atoms with Crippen LogP contribution < -0.4 is 20.9 Å². The summed E-state index contributed by atoms with van der Waals surface area (Å²) in [6, 6.07) is 8.22. The van der Waals surface area contributed by atoms with Gasteiger partial charge in [-0.2, -0.15) is 0 Å². The van der Waals surface area contributed by atoms with Gasteiger partial charge in [-0.15, -0.1) is 0 Å². The predicted octanol–water partition coefficient (Wildman–Crippen LogP) is 2.74. The number of ether oxygens (including phenoxy) is 2. The number of hydrogen-bond donors (Lipinski definition) is 2. The first-order chi connectivity index (χ1) is 15.9. The Kier molecular flexibility index (Phi) is 10.2. The SMILES string of the molecule is COCCCOc1cc(C(N)=O)cc([N+](=O)[O-])c1N(CCCC=O)NCc1ccc(F)cc1. The lowest BCUT2D eigenvalue weighted by atomic mass is 10.1. The molecule has 0 aliphatic carbocycles. The highest BCUT2D eigenvalue weighted by Gasteiger charge is 2.27. The van der Waals surface area contributed by atoms with Crippen LogP contribution in [0.2, 0.25) is 0 Å². The molecule has 0 unspecified atom stereocenters. The highest BCUT2D eigenvalue weighted by molar-refractivity contribution is 5.95. The van der Waals surface area contributed by atoms with Crippen LogP contribution in [0.1, 0.15) is 35.2 Å². The normalized spacial score (nSPS) is 10.6. The van der Waals surface area contributed by atoms with Crippen LogP contribution in [0.3, 0.4) is 0 Å². The number of aldehydes is 1. The number of methoxy groups -OCH3 is 1. The van der Waals surface area contributed by atoms with Crippen molar-refractivity contribution in [2.75, 3.05) is 31.9 Å². The quantitative estimate of drug-likeness (QED) is 0.178. The highest BCUT2D eigenvalue weighted by Crippen LogP contribution is 2.39. The Morgan fingerprint density at radius 3 is 2.58 bits per heavy atom. The number of nitrogens with one attached hydrogen (secondary N) is 1. The van der Waals surface area contributed by atoms with Crippen LogP contribution in [0.15, 0.2) is 36.4 Å². The van der Waals surface area contributed by atoms with Gasteiger partial charge in [-0.05, 0) is 30.2 Å². The topological polar surface area (TPSA) is 137 Å². The number of hydrazine groups is 1. The maximum absolute atomic E-state index is 13.2. The fraction of sp³-hybridized carbons (Fsp3) is 0.364. The molecule has 0 spiro atoms. The minimum atomic E-state index is -0.835. The van der Waals surface area contributed by atoms with Crippen molar-refractivity contribution in [3.8, 4) is 5.75 Å². The van der Waals surface area contributed by atoms with Gasteiger partial charge in [0.2, 0.25) is 5.91 Å². The summed E-state index contributed by atoms with van der Waals surface area (Å²) in [4.78, 5) is 33.9. The number of nitro benzene ring substituents is 1. The smallest absolute Gasteiger partial charge is 0.298 e. The third-order valence-electron chi connectivity index (χ3n) is 4.65. The van der Waals surface area contributed by atoms with Crippen LogP contribution >= 0.6 is 0 Å².